The van der Waals surface area contributed by atoms with Gasteiger partial charge in [0.1, 0.15) is 11.6 Å². The van der Waals surface area contributed by atoms with Gasteiger partial charge in [0.15, 0.2) is 0 Å². The Morgan fingerprint density at radius 1 is 0.568 bits per heavy atom. The first-order valence-electron chi connectivity index (χ1n) is 15.8. The van der Waals surface area contributed by atoms with E-state index in [0.29, 0.717) is 24.7 Å². The van der Waals surface area contributed by atoms with E-state index < -0.39 is 0 Å². The molecule has 234 valence electrons. The third kappa shape index (κ3) is 8.46. The van der Waals surface area contributed by atoms with E-state index in [9.17, 15) is 9.59 Å². The molecule has 2 aromatic carbocycles. The zero-order valence-electron chi connectivity index (χ0n) is 27.4. The van der Waals surface area contributed by atoms with E-state index in [0.717, 1.165) is 45.3 Å². The summed E-state index contributed by atoms with van der Waals surface area (Å²) in [6, 6.07) is 16.4. The van der Waals surface area contributed by atoms with Gasteiger partial charge in [-0.05, 0) is 45.9 Å². The topological polar surface area (TPSA) is 116 Å². The average molecular weight is 597 g/mol. The monoisotopic (exact) mass is 596 g/mol. The second-order valence-corrected chi connectivity index (χ2v) is 13.3. The van der Waals surface area contributed by atoms with Crippen LogP contribution in [-0.2, 0) is 9.59 Å². The van der Waals surface area contributed by atoms with E-state index in [1.807, 2.05) is 40.1 Å². The first-order valence-corrected chi connectivity index (χ1v) is 15.8. The van der Waals surface area contributed by atoms with E-state index in [2.05, 4.69) is 107 Å². The Morgan fingerprint density at radius 2 is 0.886 bits per heavy atom. The van der Waals surface area contributed by atoms with Crippen LogP contribution in [0, 0.1) is 23.7 Å². The molecule has 2 atom stereocenters. The van der Waals surface area contributed by atoms with E-state index in [4.69, 9.17) is 0 Å². The number of aromatic nitrogens is 4. The van der Waals surface area contributed by atoms with Crippen LogP contribution in [0.15, 0.2) is 60.9 Å². The van der Waals surface area contributed by atoms with Crippen LogP contribution >= 0.6 is 0 Å². The molecule has 8 heteroatoms. The molecule has 2 aromatic heterocycles. The number of amides is 2. The smallest absolute Gasteiger partial charge is 0.220 e. The summed E-state index contributed by atoms with van der Waals surface area (Å²) in [5.41, 5.74) is 6.12. The predicted octanol–water partition coefficient (Wildman–Crippen LogP) is 7.85. The van der Waals surface area contributed by atoms with Gasteiger partial charge >= 0.3 is 0 Å². The number of carbonyl (C=O) groups excluding carboxylic acids is 2. The molecule has 8 nitrogen and oxygen atoms in total. The molecular formula is C36H48N6O2. The molecule has 4 N–H and O–H groups in total. The average Bonchev–Trinajstić information content (AvgIpc) is 3.65. The van der Waals surface area contributed by atoms with Gasteiger partial charge in [-0.15, -0.1) is 0 Å². The zero-order valence-corrected chi connectivity index (χ0v) is 27.4. The fourth-order valence-corrected chi connectivity index (χ4v) is 5.28. The molecule has 2 amide bonds. The summed E-state index contributed by atoms with van der Waals surface area (Å²) in [5, 5.41) is 6.29. The van der Waals surface area contributed by atoms with Crippen molar-refractivity contribution in [2.75, 3.05) is 0 Å². The zero-order chi connectivity index (χ0) is 32.0. The highest BCUT2D eigenvalue weighted by molar-refractivity contribution is 5.77. The Bertz CT molecular complexity index is 1400. The molecule has 0 radical (unpaired) electrons. The predicted molar refractivity (Wildman–Crippen MR) is 177 cm³/mol. The molecular weight excluding hydrogens is 548 g/mol. The van der Waals surface area contributed by atoms with Gasteiger partial charge in [-0.1, -0.05) is 104 Å². The van der Waals surface area contributed by atoms with Crippen LogP contribution in [0.5, 0.6) is 0 Å². The van der Waals surface area contributed by atoms with Crippen molar-refractivity contribution in [3.63, 3.8) is 0 Å². The minimum Gasteiger partial charge on any atom is -0.346 e. The first kappa shape index (κ1) is 32.7. The first-order chi connectivity index (χ1) is 20.9. The lowest BCUT2D eigenvalue weighted by molar-refractivity contribution is -0.123. The highest BCUT2D eigenvalue weighted by atomic mass is 16.2. The summed E-state index contributed by atoms with van der Waals surface area (Å²) in [4.78, 5) is 41.0. The molecule has 0 saturated heterocycles. The number of aromatic amines is 2. The minimum absolute atomic E-state index is 0.0466. The number of rotatable bonds is 13. The molecule has 2 heterocycles. The van der Waals surface area contributed by atoms with Crippen molar-refractivity contribution in [1.29, 1.82) is 0 Å². The van der Waals surface area contributed by atoms with Gasteiger partial charge < -0.3 is 20.6 Å². The van der Waals surface area contributed by atoms with Crippen molar-refractivity contribution in [2.45, 2.75) is 80.3 Å². The molecule has 0 aliphatic rings. The maximum Gasteiger partial charge on any atom is 0.220 e. The third-order valence-corrected chi connectivity index (χ3v) is 7.66. The molecule has 1 unspecified atom stereocenters. The fraction of sp³-hybridized carbons (Fsp3) is 0.444. The molecule has 0 saturated carbocycles. The van der Waals surface area contributed by atoms with Crippen molar-refractivity contribution in [3.8, 4) is 33.6 Å². The van der Waals surface area contributed by atoms with Crippen LogP contribution in [-0.4, -0.2) is 31.8 Å². The maximum absolute atomic E-state index is 12.4. The van der Waals surface area contributed by atoms with Crippen LogP contribution in [0.25, 0.3) is 33.6 Å². The number of carbonyl (C=O) groups is 2. The number of hydrogen-bond acceptors (Lipinski definition) is 4. The lowest BCUT2D eigenvalue weighted by atomic mass is 10.0. The number of benzene rings is 2. The summed E-state index contributed by atoms with van der Waals surface area (Å²) < 4.78 is 0. The van der Waals surface area contributed by atoms with Crippen molar-refractivity contribution in [1.82, 2.24) is 30.6 Å². The van der Waals surface area contributed by atoms with Crippen molar-refractivity contribution < 1.29 is 9.59 Å². The van der Waals surface area contributed by atoms with Gasteiger partial charge in [-0.3, -0.25) is 9.59 Å². The number of H-pyrrole nitrogens is 2. The van der Waals surface area contributed by atoms with Crippen LogP contribution in [0.3, 0.4) is 0 Å². The summed E-state index contributed by atoms with van der Waals surface area (Å²) in [6.07, 6.45) is 4.67. The standard InChI is InChI=1S/C36H48N6O2/c1-21(2)17-31(43)41-33(23(5)6)35-37-19-29(39-35)27-13-9-25(10-14-27)26-11-15-28(16-12-26)30-20-38-36(40-30)34(24(7)8)42-32(44)18-22(3)4/h9-16,19-24,33-34H,17-18H2,1-8H3,(H,37,39)(H,38,40)(H,41,43)(H,42,44)/t33-,34?/m0/s1. The largest absolute Gasteiger partial charge is 0.346 e. The van der Waals surface area contributed by atoms with Crippen molar-refractivity contribution in [3.05, 3.63) is 72.6 Å². The van der Waals surface area contributed by atoms with E-state index >= 15 is 0 Å². The van der Waals surface area contributed by atoms with Crippen LogP contribution in [0.4, 0.5) is 0 Å². The SMILES string of the molecule is CC(C)CC(=O)NC(c1ncc(-c2ccc(-c3ccc(-c4cnc([C@@H](NC(=O)CC(C)C)C(C)C)[nH]4)cc3)cc2)[nH]1)C(C)C. The van der Waals surface area contributed by atoms with Crippen LogP contribution < -0.4 is 10.6 Å². The maximum atomic E-state index is 12.4. The molecule has 0 aliphatic carbocycles. The van der Waals surface area contributed by atoms with E-state index in [1.54, 1.807) is 0 Å². The molecule has 4 rings (SSSR count). The second kappa shape index (κ2) is 14.5. The van der Waals surface area contributed by atoms with E-state index in [-0.39, 0.29) is 35.7 Å². The van der Waals surface area contributed by atoms with Gasteiger partial charge in [0, 0.05) is 12.8 Å². The Morgan fingerprint density at radius 3 is 1.18 bits per heavy atom. The molecule has 0 bridgehead atoms. The Kier molecular flexibility index (Phi) is 10.8. The normalized spacial score (nSPS) is 13.1. The lowest BCUT2D eigenvalue weighted by Gasteiger charge is -2.21. The van der Waals surface area contributed by atoms with Gasteiger partial charge in [-0.25, -0.2) is 9.97 Å². The van der Waals surface area contributed by atoms with E-state index in [1.165, 1.54) is 0 Å². The number of nitrogens with zero attached hydrogens (tertiary/aromatic N) is 2. The van der Waals surface area contributed by atoms with Gasteiger partial charge in [-0.2, -0.15) is 0 Å². The number of hydrogen-bond donors (Lipinski definition) is 4. The molecule has 0 fully saturated rings. The molecule has 44 heavy (non-hydrogen) atoms. The lowest BCUT2D eigenvalue weighted by Crippen LogP contribution is -2.33. The van der Waals surface area contributed by atoms with Crippen LogP contribution in [0.2, 0.25) is 0 Å². The summed E-state index contributed by atoms with van der Waals surface area (Å²) in [6.45, 7) is 16.5. The minimum atomic E-state index is -0.168. The van der Waals surface area contributed by atoms with Gasteiger partial charge in [0.2, 0.25) is 11.8 Å². The number of imidazole rings is 2. The quantitative estimate of drug-likeness (QED) is 0.126. The molecule has 0 spiro atoms. The Balaban J connectivity index is 1.44. The molecule has 4 aromatic rings. The van der Waals surface area contributed by atoms with Gasteiger partial charge in [0.25, 0.3) is 0 Å². The van der Waals surface area contributed by atoms with Crippen molar-refractivity contribution >= 4 is 11.8 Å². The Labute approximate surface area is 261 Å². The second-order valence-electron chi connectivity index (χ2n) is 13.3. The number of nitrogens with one attached hydrogen (secondary N) is 4. The highest BCUT2D eigenvalue weighted by Crippen LogP contribution is 2.29. The van der Waals surface area contributed by atoms with Crippen molar-refractivity contribution in [2.24, 2.45) is 23.7 Å². The third-order valence-electron chi connectivity index (χ3n) is 7.66. The Hall–Kier alpha value is -4.20. The van der Waals surface area contributed by atoms with Gasteiger partial charge in [0.05, 0.1) is 35.9 Å². The highest BCUT2D eigenvalue weighted by Gasteiger charge is 2.23. The molecule has 0 aliphatic heterocycles. The summed E-state index contributed by atoms with van der Waals surface area (Å²) in [5.74, 6) is 2.65. The fourth-order valence-electron chi connectivity index (χ4n) is 5.28. The summed E-state index contributed by atoms with van der Waals surface area (Å²) in [7, 11) is 0. The summed E-state index contributed by atoms with van der Waals surface area (Å²) >= 11 is 0. The van der Waals surface area contributed by atoms with Crippen LogP contribution in [0.1, 0.15) is 92.0 Å².